The monoisotopic (exact) mass is 244 g/mol. The molecular weight excluding hydrogens is 230 g/mol. The standard InChI is InChI=1S/C11H14F2N2O2/c1-2-15(5-6-16)11(17)9-7(12)3-4-8(14)10(9)13/h3-4,16H,2,5-6,14H2,1H3. The van der Waals surface area contributed by atoms with Gasteiger partial charge in [0.05, 0.1) is 12.3 Å². The predicted molar refractivity (Wildman–Crippen MR) is 59.4 cm³/mol. The molecule has 0 atom stereocenters. The summed E-state index contributed by atoms with van der Waals surface area (Å²) in [5, 5.41) is 8.75. The Morgan fingerprint density at radius 3 is 2.65 bits per heavy atom. The molecule has 1 rings (SSSR count). The van der Waals surface area contributed by atoms with Crippen LogP contribution < -0.4 is 5.73 Å². The number of hydrogen-bond acceptors (Lipinski definition) is 3. The molecule has 0 aliphatic carbocycles. The van der Waals surface area contributed by atoms with Crippen molar-refractivity contribution in [3.63, 3.8) is 0 Å². The molecule has 0 unspecified atom stereocenters. The third-order valence-electron chi connectivity index (χ3n) is 2.37. The lowest BCUT2D eigenvalue weighted by molar-refractivity contribution is 0.0722. The largest absolute Gasteiger partial charge is 0.396 e. The van der Waals surface area contributed by atoms with Gasteiger partial charge in [0.2, 0.25) is 0 Å². The van der Waals surface area contributed by atoms with Crippen molar-refractivity contribution in [2.75, 3.05) is 25.4 Å². The average molecular weight is 244 g/mol. The highest BCUT2D eigenvalue weighted by atomic mass is 19.1. The highest BCUT2D eigenvalue weighted by Crippen LogP contribution is 2.20. The van der Waals surface area contributed by atoms with Crippen LogP contribution in [0.4, 0.5) is 14.5 Å². The second-order valence-electron chi connectivity index (χ2n) is 3.43. The van der Waals surface area contributed by atoms with E-state index < -0.39 is 23.1 Å². The summed E-state index contributed by atoms with van der Waals surface area (Å²) >= 11 is 0. The van der Waals surface area contributed by atoms with Gasteiger partial charge in [-0.05, 0) is 19.1 Å². The molecule has 0 aliphatic rings. The molecule has 0 bridgehead atoms. The van der Waals surface area contributed by atoms with Crippen molar-refractivity contribution in [3.8, 4) is 0 Å². The van der Waals surface area contributed by atoms with E-state index in [0.29, 0.717) is 0 Å². The summed E-state index contributed by atoms with van der Waals surface area (Å²) in [6, 6.07) is 2.00. The molecule has 0 heterocycles. The Morgan fingerprint density at radius 1 is 1.47 bits per heavy atom. The first-order valence-electron chi connectivity index (χ1n) is 5.16. The number of halogens is 2. The van der Waals surface area contributed by atoms with Gasteiger partial charge < -0.3 is 15.7 Å². The van der Waals surface area contributed by atoms with Crippen molar-refractivity contribution < 1.29 is 18.7 Å². The van der Waals surface area contributed by atoms with Crippen LogP contribution >= 0.6 is 0 Å². The number of anilines is 1. The summed E-state index contributed by atoms with van der Waals surface area (Å²) in [4.78, 5) is 13.0. The van der Waals surface area contributed by atoms with E-state index in [2.05, 4.69) is 0 Å². The molecule has 1 aromatic rings. The van der Waals surface area contributed by atoms with Gasteiger partial charge in [-0.3, -0.25) is 4.79 Å². The van der Waals surface area contributed by atoms with Crippen LogP contribution in [-0.2, 0) is 0 Å². The van der Waals surface area contributed by atoms with E-state index in [9.17, 15) is 13.6 Å². The first-order valence-corrected chi connectivity index (χ1v) is 5.16. The van der Waals surface area contributed by atoms with Crippen LogP contribution in [0, 0.1) is 11.6 Å². The van der Waals surface area contributed by atoms with E-state index in [1.165, 1.54) is 0 Å². The molecule has 0 radical (unpaired) electrons. The number of rotatable bonds is 4. The minimum atomic E-state index is -1.06. The van der Waals surface area contributed by atoms with Gasteiger partial charge in [-0.15, -0.1) is 0 Å². The quantitative estimate of drug-likeness (QED) is 0.776. The van der Waals surface area contributed by atoms with E-state index >= 15 is 0 Å². The minimum absolute atomic E-state index is 0.0169. The maximum absolute atomic E-state index is 13.6. The molecule has 4 nitrogen and oxygen atoms in total. The van der Waals surface area contributed by atoms with Crippen molar-refractivity contribution in [3.05, 3.63) is 29.3 Å². The summed E-state index contributed by atoms with van der Waals surface area (Å²) in [7, 11) is 0. The van der Waals surface area contributed by atoms with Gasteiger partial charge in [-0.2, -0.15) is 0 Å². The zero-order valence-electron chi connectivity index (χ0n) is 9.41. The number of carbonyl (C=O) groups excluding carboxylic acids is 1. The molecule has 3 N–H and O–H groups in total. The third kappa shape index (κ3) is 2.71. The Labute approximate surface area is 97.6 Å². The first-order chi connectivity index (χ1) is 8.02. The minimum Gasteiger partial charge on any atom is -0.396 e. The number of amides is 1. The topological polar surface area (TPSA) is 66.6 Å². The molecule has 1 amide bonds. The third-order valence-corrected chi connectivity index (χ3v) is 2.37. The van der Waals surface area contributed by atoms with Crippen molar-refractivity contribution in [1.29, 1.82) is 0 Å². The van der Waals surface area contributed by atoms with Gasteiger partial charge >= 0.3 is 0 Å². The van der Waals surface area contributed by atoms with Gasteiger partial charge in [0, 0.05) is 13.1 Å². The molecule has 94 valence electrons. The second-order valence-corrected chi connectivity index (χ2v) is 3.43. The molecule has 0 fully saturated rings. The lowest BCUT2D eigenvalue weighted by Crippen LogP contribution is -2.34. The molecular formula is C11H14F2N2O2. The van der Waals surface area contributed by atoms with Gasteiger partial charge in [-0.1, -0.05) is 0 Å². The number of nitrogens with zero attached hydrogens (tertiary/aromatic N) is 1. The van der Waals surface area contributed by atoms with Crippen LogP contribution in [0.5, 0.6) is 0 Å². The van der Waals surface area contributed by atoms with E-state index in [0.717, 1.165) is 17.0 Å². The number of aliphatic hydroxyl groups is 1. The lowest BCUT2D eigenvalue weighted by atomic mass is 10.1. The van der Waals surface area contributed by atoms with Crippen LogP contribution in [0.2, 0.25) is 0 Å². The maximum atomic E-state index is 13.6. The fourth-order valence-corrected chi connectivity index (χ4v) is 1.45. The highest BCUT2D eigenvalue weighted by Gasteiger charge is 2.23. The van der Waals surface area contributed by atoms with Crippen LogP contribution in [0.15, 0.2) is 12.1 Å². The van der Waals surface area contributed by atoms with Gasteiger partial charge in [0.25, 0.3) is 5.91 Å². The number of likely N-dealkylation sites (N-methyl/N-ethyl adjacent to an activating group) is 1. The van der Waals surface area contributed by atoms with Gasteiger partial charge in [-0.25, -0.2) is 8.78 Å². The lowest BCUT2D eigenvalue weighted by Gasteiger charge is -2.20. The normalized spacial score (nSPS) is 10.4. The molecule has 0 saturated heterocycles. The molecule has 6 heteroatoms. The average Bonchev–Trinajstić information content (AvgIpc) is 2.31. The summed E-state index contributed by atoms with van der Waals surface area (Å²) in [5.41, 5.74) is 4.32. The number of hydrogen-bond donors (Lipinski definition) is 2. The second kappa shape index (κ2) is 5.58. The fraction of sp³-hybridized carbons (Fsp3) is 0.364. The van der Waals surface area contributed by atoms with E-state index in [4.69, 9.17) is 10.8 Å². The highest BCUT2D eigenvalue weighted by molar-refractivity contribution is 5.95. The van der Waals surface area contributed by atoms with Gasteiger partial charge in [0.1, 0.15) is 11.4 Å². The Hall–Kier alpha value is -1.69. The molecule has 0 saturated carbocycles. The number of aliphatic hydroxyl groups excluding tert-OH is 1. The zero-order chi connectivity index (χ0) is 13.0. The summed E-state index contributed by atoms with van der Waals surface area (Å²) < 4.78 is 27.0. The Balaban J connectivity index is 3.15. The van der Waals surface area contributed by atoms with Crippen molar-refractivity contribution in [2.45, 2.75) is 6.92 Å². The molecule has 1 aromatic carbocycles. The van der Waals surface area contributed by atoms with E-state index in [1.807, 2.05) is 0 Å². The smallest absolute Gasteiger partial charge is 0.259 e. The predicted octanol–water partition coefficient (Wildman–Crippen LogP) is 1.00. The van der Waals surface area contributed by atoms with E-state index in [1.54, 1.807) is 6.92 Å². The summed E-state index contributed by atoms with van der Waals surface area (Å²) in [6.07, 6.45) is 0. The van der Waals surface area contributed by atoms with Crippen molar-refractivity contribution in [1.82, 2.24) is 4.90 Å². The van der Waals surface area contributed by atoms with Crippen LogP contribution in [0.1, 0.15) is 17.3 Å². The Morgan fingerprint density at radius 2 is 2.12 bits per heavy atom. The maximum Gasteiger partial charge on any atom is 0.259 e. The Kier molecular flexibility index (Phi) is 4.39. The number of carbonyl (C=O) groups is 1. The zero-order valence-corrected chi connectivity index (χ0v) is 9.41. The molecule has 17 heavy (non-hydrogen) atoms. The van der Waals surface area contributed by atoms with Crippen molar-refractivity contribution in [2.24, 2.45) is 0 Å². The summed E-state index contributed by atoms with van der Waals surface area (Å²) in [5.74, 6) is -2.84. The van der Waals surface area contributed by atoms with E-state index in [-0.39, 0.29) is 25.4 Å². The van der Waals surface area contributed by atoms with Crippen molar-refractivity contribution >= 4 is 11.6 Å². The van der Waals surface area contributed by atoms with Crippen LogP contribution in [0.25, 0.3) is 0 Å². The van der Waals surface area contributed by atoms with Crippen LogP contribution in [-0.4, -0.2) is 35.6 Å². The first kappa shape index (κ1) is 13.4. The van der Waals surface area contributed by atoms with Gasteiger partial charge in [0.15, 0.2) is 5.82 Å². The molecule has 0 aromatic heterocycles. The molecule has 0 spiro atoms. The summed E-state index contributed by atoms with van der Waals surface area (Å²) in [6.45, 7) is 1.64. The SMILES string of the molecule is CCN(CCO)C(=O)c1c(F)ccc(N)c1F. The number of nitrogen functional groups attached to an aromatic ring is 1. The molecule has 0 aliphatic heterocycles. The number of benzene rings is 1. The Bertz CT molecular complexity index is 424. The fourth-order valence-electron chi connectivity index (χ4n) is 1.45. The van der Waals surface area contributed by atoms with Crippen LogP contribution in [0.3, 0.4) is 0 Å². The number of nitrogens with two attached hydrogens (primary N) is 1.